The number of carbonyl (C=O) groups is 2. The monoisotopic (exact) mass is 458 g/mol. The summed E-state index contributed by atoms with van der Waals surface area (Å²) in [5.41, 5.74) is 1.34. The smallest absolute Gasteiger partial charge is 0.273 e. The molecule has 0 radical (unpaired) electrons. The first kappa shape index (κ1) is 22.5. The van der Waals surface area contributed by atoms with Crippen molar-refractivity contribution in [2.24, 2.45) is 0 Å². The number of ether oxygens (including phenoxy) is 2. The highest BCUT2D eigenvalue weighted by molar-refractivity contribution is 7.13. The number of likely N-dealkylation sites (tertiary alicyclic amines) is 1. The van der Waals surface area contributed by atoms with Crippen molar-refractivity contribution in [2.75, 3.05) is 60.0 Å². The molecule has 2 aliphatic rings. The van der Waals surface area contributed by atoms with Crippen molar-refractivity contribution >= 4 is 23.2 Å². The van der Waals surface area contributed by atoms with Gasteiger partial charge in [0.25, 0.3) is 5.91 Å². The zero-order valence-electron chi connectivity index (χ0n) is 18.7. The van der Waals surface area contributed by atoms with Gasteiger partial charge in [0, 0.05) is 50.2 Å². The van der Waals surface area contributed by atoms with E-state index in [-0.39, 0.29) is 11.8 Å². The van der Waals surface area contributed by atoms with Crippen LogP contribution in [0.3, 0.4) is 0 Å². The van der Waals surface area contributed by atoms with E-state index >= 15 is 0 Å². The number of hydrogen-bond donors (Lipinski definition) is 0. The van der Waals surface area contributed by atoms with Crippen LogP contribution in [0.15, 0.2) is 23.6 Å². The minimum Gasteiger partial charge on any atom is -0.493 e. The fourth-order valence-electron chi connectivity index (χ4n) is 4.18. The number of piperidine rings is 1. The standard InChI is InChI=1S/C23H30N4O4S/c1-30-19-7-6-17(14-20(19)31-2)22-24-18(16-32-22)23(29)27-12-10-25(11-13-27)15-21(28)26-8-4-3-5-9-26/h6-7,14,16H,3-5,8-13,15H2,1-2H3. The number of rotatable bonds is 6. The highest BCUT2D eigenvalue weighted by Gasteiger charge is 2.26. The van der Waals surface area contributed by atoms with Crippen LogP contribution in [-0.4, -0.2) is 91.5 Å². The lowest BCUT2D eigenvalue weighted by Crippen LogP contribution is -2.52. The highest BCUT2D eigenvalue weighted by Crippen LogP contribution is 2.33. The van der Waals surface area contributed by atoms with Crippen molar-refractivity contribution in [3.8, 4) is 22.1 Å². The van der Waals surface area contributed by atoms with E-state index in [2.05, 4.69) is 9.88 Å². The molecule has 2 aromatic rings. The van der Waals surface area contributed by atoms with Gasteiger partial charge in [-0.15, -0.1) is 11.3 Å². The van der Waals surface area contributed by atoms with Gasteiger partial charge < -0.3 is 19.3 Å². The summed E-state index contributed by atoms with van der Waals surface area (Å²) in [5, 5.41) is 2.57. The van der Waals surface area contributed by atoms with Crippen molar-refractivity contribution in [1.29, 1.82) is 0 Å². The van der Waals surface area contributed by atoms with Crippen LogP contribution in [-0.2, 0) is 4.79 Å². The average molecular weight is 459 g/mol. The molecule has 9 heteroatoms. The molecule has 3 heterocycles. The molecule has 1 aromatic heterocycles. The summed E-state index contributed by atoms with van der Waals surface area (Å²) >= 11 is 1.44. The van der Waals surface area contributed by atoms with E-state index in [9.17, 15) is 9.59 Å². The number of amides is 2. The largest absolute Gasteiger partial charge is 0.493 e. The molecule has 1 aromatic carbocycles. The third-order valence-corrected chi connectivity index (χ3v) is 6.97. The Kier molecular flexibility index (Phi) is 7.26. The summed E-state index contributed by atoms with van der Waals surface area (Å²) in [5.74, 6) is 1.43. The van der Waals surface area contributed by atoms with Crippen LogP contribution in [0.25, 0.3) is 10.6 Å². The van der Waals surface area contributed by atoms with Gasteiger partial charge in [-0.05, 0) is 37.5 Å². The van der Waals surface area contributed by atoms with Gasteiger partial charge in [0.15, 0.2) is 11.5 Å². The van der Waals surface area contributed by atoms with Gasteiger partial charge >= 0.3 is 0 Å². The quantitative estimate of drug-likeness (QED) is 0.663. The van der Waals surface area contributed by atoms with Crippen molar-refractivity contribution in [2.45, 2.75) is 19.3 Å². The first-order chi connectivity index (χ1) is 15.6. The van der Waals surface area contributed by atoms with Crippen molar-refractivity contribution in [1.82, 2.24) is 19.7 Å². The topological polar surface area (TPSA) is 75.2 Å². The van der Waals surface area contributed by atoms with Gasteiger partial charge in [-0.25, -0.2) is 4.98 Å². The molecule has 0 atom stereocenters. The second kappa shape index (κ2) is 10.3. The molecule has 2 fully saturated rings. The second-order valence-electron chi connectivity index (χ2n) is 8.12. The SMILES string of the molecule is COc1ccc(-c2nc(C(=O)N3CCN(CC(=O)N4CCCCC4)CC3)cs2)cc1OC. The van der Waals surface area contributed by atoms with Crippen LogP contribution in [0.1, 0.15) is 29.8 Å². The Bertz CT molecular complexity index is 949. The van der Waals surface area contributed by atoms with E-state index in [4.69, 9.17) is 9.47 Å². The van der Waals surface area contributed by atoms with Crippen LogP contribution in [0, 0.1) is 0 Å². The summed E-state index contributed by atoms with van der Waals surface area (Å²) in [6.07, 6.45) is 3.43. The summed E-state index contributed by atoms with van der Waals surface area (Å²) in [7, 11) is 3.19. The fraction of sp³-hybridized carbons (Fsp3) is 0.522. The molecular weight excluding hydrogens is 428 g/mol. The predicted molar refractivity (Wildman–Crippen MR) is 123 cm³/mol. The molecule has 2 amide bonds. The Morgan fingerprint density at radius 3 is 2.34 bits per heavy atom. The fourth-order valence-corrected chi connectivity index (χ4v) is 4.97. The van der Waals surface area contributed by atoms with E-state index in [0.717, 1.165) is 36.5 Å². The average Bonchev–Trinajstić information content (AvgIpc) is 3.34. The number of nitrogens with zero attached hydrogens (tertiary/aromatic N) is 4. The molecule has 2 aliphatic heterocycles. The summed E-state index contributed by atoms with van der Waals surface area (Å²) in [6.45, 7) is 4.83. The van der Waals surface area contributed by atoms with Gasteiger partial charge in [0.05, 0.1) is 20.8 Å². The molecule has 0 bridgehead atoms. The number of hydrogen-bond acceptors (Lipinski definition) is 7. The van der Waals surface area contributed by atoms with E-state index in [1.165, 1.54) is 17.8 Å². The minimum atomic E-state index is -0.0602. The Morgan fingerprint density at radius 1 is 0.938 bits per heavy atom. The molecule has 2 saturated heterocycles. The van der Waals surface area contributed by atoms with Crippen LogP contribution >= 0.6 is 11.3 Å². The number of thiazole rings is 1. The molecule has 0 unspecified atom stereocenters. The number of carbonyl (C=O) groups excluding carboxylic acids is 2. The Morgan fingerprint density at radius 2 is 1.66 bits per heavy atom. The Hall–Kier alpha value is -2.65. The maximum Gasteiger partial charge on any atom is 0.273 e. The third-order valence-electron chi connectivity index (χ3n) is 6.08. The van der Waals surface area contributed by atoms with Gasteiger partial charge in [-0.2, -0.15) is 0 Å². The lowest BCUT2D eigenvalue weighted by atomic mass is 10.1. The van der Waals surface area contributed by atoms with E-state index in [1.807, 2.05) is 28.0 Å². The zero-order valence-corrected chi connectivity index (χ0v) is 19.5. The Labute approximate surface area is 192 Å². The molecule has 172 valence electrons. The molecule has 0 saturated carbocycles. The zero-order chi connectivity index (χ0) is 22.5. The van der Waals surface area contributed by atoms with Gasteiger partial charge in [-0.1, -0.05) is 0 Å². The lowest BCUT2D eigenvalue weighted by molar-refractivity contribution is -0.133. The molecule has 0 spiro atoms. The summed E-state index contributed by atoms with van der Waals surface area (Å²) in [6, 6.07) is 5.61. The lowest BCUT2D eigenvalue weighted by Gasteiger charge is -2.35. The number of piperazine rings is 1. The van der Waals surface area contributed by atoms with Crippen LogP contribution in [0.5, 0.6) is 11.5 Å². The van der Waals surface area contributed by atoms with Gasteiger partial charge in [0.1, 0.15) is 10.7 Å². The number of benzene rings is 1. The highest BCUT2D eigenvalue weighted by atomic mass is 32.1. The van der Waals surface area contributed by atoms with Gasteiger partial charge in [0.2, 0.25) is 5.91 Å². The van der Waals surface area contributed by atoms with Crippen molar-refractivity contribution in [3.63, 3.8) is 0 Å². The predicted octanol–water partition coefficient (Wildman–Crippen LogP) is 2.60. The maximum absolute atomic E-state index is 13.0. The van der Waals surface area contributed by atoms with Crippen LogP contribution in [0.4, 0.5) is 0 Å². The molecular formula is C23H30N4O4S. The van der Waals surface area contributed by atoms with Gasteiger partial charge in [-0.3, -0.25) is 14.5 Å². The van der Waals surface area contributed by atoms with E-state index in [0.29, 0.717) is 49.9 Å². The van der Waals surface area contributed by atoms with Crippen LogP contribution in [0.2, 0.25) is 0 Å². The molecule has 4 rings (SSSR count). The summed E-state index contributed by atoms with van der Waals surface area (Å²) in [4.78, 5) is 36.0. The first-order valence-electron chi connectivity index (χ1n) is 11.1. The summed E-state index contributed by atoms with van der Waals surface area (Å²) < 4.78 is 10.7. The maximum atomic E-state index is 13.0. The van der Waals surface area contributed by atoms with Crippen molar-refractivity contribution < 1.29 is 19.1 Å². The molecule has 0 aliphatic carbocycles. The second-order valence-corrected chi connectivity index (χ2v) is 8.98. The minimum absolute atomic E-state index is 0.0602. The normalized spacial score (nSPS) is 17.3. The Balaban J connectivity index is 1.33. The van der Waals surface area contributed by atoms with E-state index < -0.39 is 0 Å². The molecule has 32 heavy (non-hydrogen) atoms. The molecule has 8 nitrogen and oxygen atoms in total. The van der Waals surface area contributed by atoms with Crippen molar-refractivity contribution in [3.05, 3.63) is 29.3 Å². The number of methoxy groups -OCH3 is 2. The number of aromatic nitrogens is 1. The molecule has 0 N–H and O–H groups in total. The van der Waals surface area contributed by atoms with Crippen LogP contribution < -0.4 is 9.47 Å². The van der Waals surface area contributed by atoms with E-state index in [1.54, 1.807) is 19.6 Å². The first-order valence-corrected chi connectivity index (χ1v) is 11.9. The third kappa shape index (κ3) is 5.05.